The zero-order valence-corrected chi connectivity index (χ0v) is 79.7. The van der Waals surface area contributed by atoms with E-state index in [0.29, 0.717) is 105 Å². The summed E-state index contributed by atoms with van der Waals surface area (Å²) in [6.45, 7) is 12.1. The maximum Gasteiger partial charge on any atom is 0.494 e. The Bertz CT molecular complexity index is 7180. The molecule has 12 heterocycles. The van der Waals surface area contributed by atoms with E-state index >= 15 is 0 Å². The highest BCUT2D eigenvalue weighted by Crippen LogP contribution is 2.40. The van der Waals surface area contributed by atoms with Gasteiger partial charge in [0.05, 0.1) is 90.8 Å². The van der Waals surface area contributed by atoms with Crippen molar-refractivity contribution in [2.75, 3.05) is 39.6 Å². The van der Waals surface area contributed by atoms with Gasteiger partial charge in [-0.15, -0.1) is 0 Å². The number of aromatic amines is 1. The van der Waals surface area contributed by atoms with Gasteiger partial charge in [0.2, 0.25) is 0 Å². The zero-order valence-electron chi connectivity index (χ0n) is 70.3. The lowest BCUT2D eigenvalue weighted by atomic mass is 9.78. The summed E-state index contributed by atoms with van der Waals surface area (Å²) >= 11 is 8.81. The Hall–Kier alpha value is -11.2. The van der Waals surface area contributed by atoms with E-state index in [2.05, 4.69) is 75.0 Å². The standard InChI is InChI=1S/C25H20IN3O4S.C25H21N3O4S.C18H24BNO4.C13H9BrN2O2S.C7H5BrN2.C6H5ClO2S.CH4/c26-24-15-22-21(8-11-28-25(22)29(24)34(30,31)20-4-2-1-3-5-20)17-6-7-23(18(14-17)16-27)33-19-9-12-32-13-10-19;26-17-19-16-18(6-7-24(19)32-20-10-14-31-15-11-20)22-8-12-27-25-23(22)9-13-28(25)33(29,30)21-4-2-1-3-5-21;1-17(2)18(3,4)24-19(23-17)14-5-6-16(13(11-14)12-20)22-15-7-9-21-10-8-15;14-12-6-8-15-13-11(12)7-9-16(13)19(17,18)10-4-2-1-3-5-10;8-6-2-4-10-7-5(6)1-3-9-7;7-10(8,9)6-4-2-1-3-5-6;/h1-8,11,14-15,19H,9-10,12-13H2;1-9,12-13,16,20H,10-11,14-15H2;5-6,11,15H,7-10H2,1-4H3;1-9H;1-4H,(H,9,10);1-5H;1H4. The van der Waals surface area contributed by atoms with E-state index < -0.39 is 57.4 Å². The number of nitriles is 3. The van der Waals surface area contributed by atoms with Crippen LogP contribution in [0.15, 0.2) is 296 Å². The molecule has 0 atom stereocenters. The van der Waals surface area contributed by atoms with Crippen LogP contribution in [0.25, 0.3) is 66.4 Å². The normalized spacial score (nSPS) is 15.1. The molecule has 36 heteroatoms. The van der Waals surface area contributed by atoms with Crippen molar-refractivity contribution >= 4 is 161 Å². The highest BCUT2D eigenvalue weighted by Gasteiger charge is 2.52. The third kappa shape index (κ3) is 22.8. The van der Waals surface area contributed by atoms with Gasteiger partial charge in [0.25, 0.3) is 39.1 Å². The molecule has 0 aliphatic carbocycles. The average Bonchev–Trinajstić information content (AvgIpc) is 1.62. The van der Waals surface area contributed by atoms with E-state index in [4.69, 9.17) is 48.4 Å². The van der Waals surface area contributed by atoms with E-state index in [1.807, 2.05) is 105 Å². The SMILES string of the molecule is Brc1ccnc2[nH]ccc12.C.CC1(C)OB(c2ccc(OC3CCOCC3)c(C#N)c2)OC1(C)C.N#Cc1cc(-c2ccnc3c2cc(I)n3S(=O)(=O)c2ccccc2)ccc1OC1CCOCC1.N#Cc1cc(-c2ccnc3c2ccn3S(=O)(=O)c2ccccc2)ccc1OC1CCOCC1.O=S(=O)(Cl)c1ccccc1.O=S(=O)(c1ccccc1)n1ccc2c(Br)ccnc21. The summed E-state index contributed by atoms with van der Waals surface area (Å²) in [5.41, 5.74) is 6.57. The van der Waals surface area contributed by atoms with Crippen LogP contribution in [0.4, 0.5) is 0 Å². The third-order valence-electron chi connectivity index (χ3n) is 21.8. The molecule has 7 aromatic carbocycles. The number of pyridine rings is 4. The number of hydrogen-bond acceptors (Lipinski definition) is 23. The monoisotopic (exact) mass is 2100 g/mol. The molecule has 0 radical (unpaired) electrons. The molecule has 4 aliphatic rings. The first-order valence-corrected chi connectivity index (χ1v) is 50.2. The first kappa shape index (κ1) is 97.3. The molecule has 0 saturated carbocycles. The molecular formula is C95H88BBr2ClIN11O16S4. The molecule has 8 aromatic heterocycles. The third-order valence-corrected chi connectivity index (χ3v) is 30.8. The van der Waals surface area contributed by atoms with Crippen LogP contribution in [0.1, 0.15) is 90.3 Å². The van der Waals surface area contributed by atoms with Crippen LogP contribution in [-0.4, -0.2) is 147 Å². The van der Waals surface area contributed by atoms with Gasteiger partial charge < -0.3 is 42.7 Å². The highest BCUT2D eigenvalue weighted by molar-refractivity contribution is 14.1. The van der Waals surface area contributed by atoms with Gasteiger partial charge in [0.1, 0.15) is 59.4 Å². The molecule has 19 rings (SSSR count). The van der Waals surface area contributed by atoms with E-state index in [1.54, 1.807) is 189 Å². The fraction of sp³-hybridized carbons (Fsp3) is 0.232. The van der Waals surface area contributed by atoms with Gasteiger partial charge in [-0.2, -0.15) is 15.8 Å². The molecule has 0 spiro atoms. The number of H-pyrrole nitrogens is 1. The lowest BCUT2D eigenvalue weighted by Crippen LogP contribution is -2.41. The van der Waals surface area contributed by atoms with E-state index in [0.717, 1.165) is 91.6 Å². The van der Waals surface area contributed by atoms with Crippen molar-refractivity contribution in [3.8, 4) is 57.7 Å². The Morgan fingerprint density at radius 1 is 0.443 bits per heavy atom. The van der Waals surface area contributed by atoms with Crippen molar-refractivity contribution in [1.29, 1.82) is 15.8 Å². The van der Waals surface area contributed by atoms with Crippen LogP contribution < -0.4 is 19.7 Å². The van der Waals surface area contributed by atoms with Crippen LogP contribution in [-0.2, 0) is 62.6 Å². The molecule has 15 aromatic rings. The Kier molecular flexibility index (Phi) is 32.0. The fourth-order valence-electron chi connectivity index (χ4n) is 14.3. The molecule has 131 heavy (non-hydrogen) atoms. The van der Waals surface area contributed by atoms with Gasteiger partial charge in [-0.05, 0) is 243 Å². The van der Waals surface area contributed by atoms with Gasteiger partial charge in [-0.3, -0.25) is 0 Å². The van der Waals surface area contributed by atoms with Crippen LogP contribution >= 0.6 is 65.1 Å². The molecule has 0 unspecified atom stereocenters. The Morgan fingerprint density at radius 3 is 1.24 bits per heavy atom. The second-order valence-corrected chi connectivity index (χ2v) is 41.6. The summed E-state index contributed by atoms with van der Waals surface area (Å²) < 4.78 is 152. The molecule has 27 nitrogen and oxygen atoms in total. The second-order valence-electron chi connectivity index (χ2n) is 30.8. The molecule has 1 N–H and O–H groups in total. The van der Waals surface area contributed by atoms with Crippen molar-refractivity contribution in [3.05, 3.63) is 297 Å². The minimum absolute atomic E-state index is 0. The van der Waals surface area contributed by atoms with Gasteiger partial charge in [0.15, 0.2) is 16.9 Å². The summed E-state index contributed by atoms with van der Waals surface area (Å²) in [6, 6.07) is 70.5. The van der Waals surface area contributed by atoms with Crippen molar-refractivity contribution in [2.45, 2.75) is 123 Å². The molecule has 4 aliphatic heterocycles. The van der Waals surface area contributed by atoms with Crippen LogP contribution in [0, 0.1) is 37.7 Å². The number of hydrogen-bond donors (Lipinski definition) is 1. The number of rotatable bonds is 16. The molecular weight excluding hydrogens is 2010 g/mol. The molecule has 674 valence electrons. The minimum Gasteiger partial charge on any atom is -0.489 e. The number of nitrogens with one attached hydrogen (secondary N) is 1. The molecule has 0 bridgehead atoms. The number of halogens is 4. The lowest BCUT2D eigenvalue weighted by molar-refractivity contribution is 0.00578. The fourth-order valence-corrected chi connectivity index (χ4v) is 21.3. The van der Waals surface area contributed by atoms with Gasteiger partial charge in [0, 0.05) is 123 Å². The van der Waals surface area contributed by atoms with E-state index in [1.165, 1.54) is 36.4 Å². The summed E-state index contributed by atoms with van der Waals surface area (Å²) in [7, 11) is -10.2. The number of nitrogens with zero attached hydrogens (tertiary/aromatic N) is 10. The number of fused-ring (bicyclic) bond motifs is 4. The van der Waals surface area contributed by atoms with E-state index in [-0.39, 0.29) is 45.3 Å². The number of aromatic nitrogens is 8. The first-order valence-electron chi connectivity index (χ1n) is 40.9. The second kappa shape index (κ2) is 43.0. The molecule has 0 amide bonds. The average molecular weight is 2100 g/mol. The van der Waals surface area contributed by atoms with Crippen LogP contribution in [0.5, 0.6) is 17.2 Å². The molecule has 4 fully saturated rings. The van der Waals surface area contributed by atoms with Gasteiger partial charge in [-0.1, -0.05) is 98.4 Å². The van der Waals surface area contributed by atoms with Crippen molar-refractivity contribution < 1.29 is 71.4 Å². The topological polar surface area (TPSA) is 364 Å². The lowest BCUT2D eigenvalue weighted by Gasteiger charge is -2.32. The quantitative estimate of drug-likeness (QED) is 0.0533. The van der Waals surface area contributed by atoms with Crippen molar-refractivity contribution in [3.63, 3.8) is 0 Å². The van der Waals surface area contributed by atoms with Crippen LogP contribution in [0.2, 0.25) is 0 Å². The van der Waals surface area contributed by atoms with Crippen LogP contribution in [0.3, 0.4) is 0 Å². The van der Waals surface area contributed by atoms with Crippen molar-refractivity contribution in [2.24, 2.45) is 0 Å². The van der Waals surface area contributed by atoms with Gasteiger partial charge >= 0.3 is 7.12 Å². The zero-order chi connectivity index (χ0) is 92.0. The predicted octanol–water partition coefficient (Wildman–Crippen LogP) is 19.4. The largest absolute Gasteiger partial charge is 0.494 e. The smallest absolute Gasteiger partial charge is 0.489 e. The van der Waals surface area contributed by atoms with Gasteiger partial charge in [-0.25, -0.2) is 65.5 Å². The van der Waals surface area contributed by atoms with E-state index in [9.17, 15) is 49.5 Å². The number of benzene rings is 7. The minimum atomic E-state index is -3.82. The summed E-state index contributed by atoms with van der Waals surface area (Å²) in [5.74, 6) is 1.70. The maximum absolute atomic E-state index is 13.4. The summed E-state index contributed by atoms with van der Waals surface area (Å²) in [6.07, 6.45) is 16.4. The summed E-state index contributed by atoms with van der Waals surface area (Å²) in [4.78, 5) is 20.8. The Balaban J connectivity index is 0.000000140. The predicted molar refractivity (Wildman–Crippen MR) is 517 cm³/mol. The van der Waals surface area contributed by atoms with Crippen molar-refractivity contribution in [1.82, 2.24) is 36.8 Å². The summed E-state index contributed by atoms with van der Waals surface area (Å²) in [5, 5.41) is 32.2. The maximum atomic E-state index is 13.4. The molecule has 4 saturated heterocycles. The Morgan fingerprint density at radius 2 is 0.817 bits per heavy atom. The Labute approximate surface area is 795 Å². The first-order chi connectivity index (χ1) is 62.5. The number of ether oxygens (including phenoxy) is 6. The highest BCUT2D eigenvalue weighted by atomic mass is 127.